The lowest BCUT2D eigenvalue weighted by Gasteiger charge is -2.15. The van der Waals surface area contributed by atoms with Crippen LogP contribution in [0.4, 0.5) is 0 Å². The summed E-state index contributed by atoms with van der Waals surface area (Å²) in [5.41, 5.74) is 0. The van der Waals surface area contributed by atoms with Gasteiger partial charge in [-0.05, 0) is 0 Å². The van der Waals surface area contributed by atoms with Gasteiger partial charge >= 0.3 is 11.9 Å². The molecule has 0 aromatic heterocycles. The zero-order valence-corrected chi connectivity index (χ0v) is 9.93. The molecule has 1 amide bonds. The van der Waals surface area contributed by atoms with Gasteiger partial charge in [0.1, 0.15) is 6.61 Å². The van der Waals surface area contributed by atoms with Crippen molar-refractivity contribution in [1.82, 2.24) is 5.32 Å². The molecule has 2 unspecified atom stereocenters. The van der Waals surface area contributed by atoms with E-state index in [0.717, 1.165) is 6.08 Å². The van der Waals surface area contributed by atoms with Gasteiger partial charge < -0.3 is 15.2 Å². The van der Waals surface area contributed by atoms with Gasteiger partial charge in [0.25, 0.3) is 0 Å². The second-order valence-corrected chi connectivity index (χ2v) is 3.58. The first-order chi connectivity index (χ1) is 7.90. The van der Waals surface area contributed by atoms with Crippen molar-refractivity contribution in [3.05, 3.63) is 12.7 Å². The highest BCUT2D eigenvalue weighted by atomic mass is 16.5. The predicted molar refractivity (Wildman–Crippen MR) is 60.1 cm³/mol. The Hall–Kier alpha value is -1.85. The van der Waals surface area contributed by atoms with Gasteiger partial charge in [-0.3, -0.25) is 9.59 Å². The summed E-state index contributed by atoms with van der Waals surface area (Å²) in [7, 11) is 0. The van der Waals surface area contributed by atoms with Crippen LogP contribution in [0.3, 0.4) is 0 Å². The molecule has 0 aliphatic rings. The second-order valence-electron chi connectivity index (χ2n) is 3.58. The summed E-state index contributed by atoms with van der Waals surface area (Å²) in [6, 6.07) is 0. The first-order valence-corrected chi connectivity index (χ1v) is 5.19. The Morgan fingerprint density at radius 3 is 2.41 bits per heavy atom. The van der Waals surface area contributed by atoms with Crippen molar-refractivity contribution in [2.45, 2.75) is 13.8 Å². The first kappa shape index (κ1) is 15.2. The van der Waals surface area contributed by atoms with E-state index in [-0.39, 0.29) is 19.1 Å². The highest BCUT2D eigenvalue weighted by molar-refractivity contribution is 5.84. The monoisotopic (exact) mass is 243 g/mol. The Morgan fingerprint density at radius 2 is 1.94 bits per heavy atom. The molecule has 0 aromatic rings. The number of hydrogen-bond donors (Lipinski definition) is 2. The van der Waals surface area contributed by atoms with Crippen LogP contribution >= 0.6 is 0 Å². The fourth-order valence-electron chi connectivity index (χ4n) is 0.987. The fourth-order valence-corrected chi connectivity index (χ4v) is 0.987. The number of hydrogen-bond acceptors (Lipinski definition) is 4. The van der Waals surface area contributed by atoms with Crippen LogP contribution in [-0.2, 0) is 19.1 Å². The predicted octanol–water partition coefficient (Wildman–Crippen LogP) is 0.189. The quantitative estimate of drug-likeness (QED) is 0.378. The number of aliphatic carboxylic acids is 1. The molecule has 0 saturated heterocycles. The van der Waals surface area contributed by atoms with Crippen LogP contribution in [0.25, 0.3) is 0 Å². The highest BCUT2D eigenvalue weighted by Gasteiger charge is 2.25. The van der Waals surface area contributed by atoms with Gasteiger partial charge in [0.05, 0.1) is 12.5 Å². The minimum absolute atomic E-state index is 0.0325. The van der Waals surface area contributed by atoms with Gasteiger partial charge in [-0.2, -0.15) is 0 Å². The number of rotatable bonds is 7. The zero-order valence-electron chi connectivity index (χ0n) is 9.93. The van der Waals surface area contributed by atoms with E-state index in [2.05, 4.69) is 16.6 Å². The molecule has 2 N–H and O–H groups in total. The molecule has 0 aliphatic carbocycles. The fraction of sp³-hybridized carbons (Fsp3) is 0.545. The van der Waals surface area contributed by atoms with Crippen molar-refractivity contribution in [3.8, 4) is 0 Å². The maximum Gasteiger partial charge on any atom is 0.330 e. The van der Waals surface area contributed by atoms with E-state index < -0.39 is 23.8 Å². The molecule has 0 rings (SSSR count). The molecule has 6 nitrogen and oxygen atoms in total. The SMILES string of the molecule is C=CC(=O)OCCNC(=O)C(C)C(C)C(=O)O. The highest BCUT2D eigenvalue weighted by Crippen LogP contribution is 2.10. The summed E-state index contributed by atoms with van der Waals surface area (Å²) in [5.74, 6) is -3.36. The van der Waals surface area contributed by atoms with Crippen LogP contribution in [0.2, 0.25) is 0 Å². The first-order valence-electron chi connectivity index (χ1n) is 5.19. The van der Waals surface area contributed by atoms with Crippen molar-refractivity contribution >= 4 is 17.8 Å². The number of carbonyl (C=O) groups excluding carboxylic acids is 2. The van der Waals surface area contributed by atoms with Crippen LogP contribution < -0.4 is 5.32 Å². The van der Waals surface area contributed by atoms with Gasteiger partial charge in [0.15, 0.2) is 0 Å². The Bertz CT molecular complexity index is 313. The molecule has 0 bridgehead atoms. The lowest BCUT2D eigenvalue weighted by molar-refractivity contribution is -0.146. The van der Waals surface area contributed by atoms with E-state index in [1.807, 2.05) is 0 Å². The van der Waals surface area contributed by atoms with Crippen molar-refractivity contribution in [1.29, 1.82) is 0 Å². The third-order valence-corrected chi connectivity index (χ3v) is 2.37. The van der Waals surface area contributed by atoms with E-state index in [0.29, 0.717) is 0 Å². The van der Waals surface area contributed by atoms with Crippen LogP contribution in [0.5, 0.6) is 0 Å². The van der Waals surface area contributed by atoms with Crippen LogP contribution in [0, 0.1) is 11.8 Å². The second kappa shape index (κ2) is 7.43. The molecule has 0 fully saturated rings. The minimum Gasteiger partial charge on any atom is -0.481 e. The van der Waals surface area contributed by atoms with Crippen molar-refractivity contribution < 1.29 is 24.2 Å². The molecule has 0 aliphatic heterocycles. The van der Waals surface area contributed by atoms with Crippen molar-refractivity contribution in [3.63, 3.8) is 0 Å². The summed E-state index contributed by atoms with van der Waals surface area (Å²) in [5, 5.41) is 11.2. The number of amides is 1. The largest absolute Gasteiger partial charge is 0.481 e. The summed E-state index contributed by atoms with van der Waals surface area (Å²) in [6.07, 6.45) is 1.02. The summed E-state index contributed by atoms with van der Waals surface area (Å²) in [6.45, 7) is 6.39. The molecule has 0 aromatic carbocycles. The third kappa shape index (κ3) is 5.70. The van der Waals surface area contributed by atoms with Gasteiger partial charge in [-0.1, -0.05) is 20.4 Å². The van der Waals surface area contributed by atoms with E-state index in [1.54, 1.807) is 0 Å². The van der Waals surface area contributed by atoms with Crippen molar-refractivity contribution in [2.24, 2.45) is 11.8 Å². The molecule has 17 heavy (non-hydrogen) atoms. The smallest absolute Gasteiger partial charge is 0.330 e. The lowest BCUT2D eigenvalue weighted by Crippen LogP contribution is -2.37. The molecular formula is C11H17NO5. The molecule has 0 heterocycles. The molecule has 0 spiro atoms. The minimum atomic E-state index is -1.02. The number of ether oxygens (including phenoxy) is 1. The standard InChI is InChI=1S/C11H17NO5/c1-4-9(13)17-6-5-12-10(14)7(2)8(3)11(15)16/h4,7-8H,1,5-6H2,2-3H3,(H,12,14)(H,15,16). The average molecular weight is 243 g/mol. The Morgan fingerprint density at radius 1 is 1.35 bits per heavy atom. The molecular weight excluding hydrogens is 226 g/mol. The van der Waals surface area contributed by atoms with E-state index in [4.69, 9.17) is 5.11 Å². The molecule has 96 valence electrons. The third-order valence-electron chi connectivity index (χ3n) is 2.37. The summed E-state index contributed by atoms with van der Waals surface area (Å²) < 4.78 is 4.64. The number of nitrogens with one attached hydrogen (secondary N) is 1. The maximum absolute atomic E-state index is 11.5. The zero-order chi connectivity index (χ0) is 13.4. The van der Waals surface area contributed by atoms with Crippen LogP contribution in [-0.4, -0.2) is 36.1 Å². The van der Waals surface area contributed by atoms with E-state index in [9.17, 15) is 14.4 Å². The van der Waals surface area contributed by atoms with Crippen molar-refractivity contribution in [2.75, 3.05) is 13.2 Å². The molecule has 6 heteroatoms. The Labute approximate surface area is 99.6 Å². The Balaban J connectivity index is 3.90. The normalized spacial score (nSPS) is 13.3. The van der Waals surface area contributed by atoms with E-state index >= 15 is 0 Å². The number of carboxylic acids is 1. The van der Waals surface area contributed by atoms with Crippen LogP contribution in [0.15, 0.2) is 12.7 Å². The molecule has 0 saturated carbocycles. The molecule has 2 atom stereocenters. The number of esters is 1. The summed E-state index contributed by atoms with van der Waals surface area (Å²) >= 11 is 0. The van der Waals surface area contributed by atoms with E-state index in [1.165, 1.54) is 13.8 Å². The average Bonchev–Trinajstić information content (AvgIpc) is 2.31. The van der Waals surface area contributed by atoms with Gasteiger partial charge in [0.2, 0.25) is 5.91 Å². The topological polar surface area (TPSA) is 92.7 Å². The summed E-state index contributed by atoms with van der Waals surface area (Å²) in [4.78, 5) is 32.8. The van der Waals surface area contributed by atoms with Crippen LogP contribution in [0.1, 0.15) is 13.8 Å². The Kier molecular flexibility index (Phi) is 6.62. The van der Waals surface area contributed by atoms with Gasteiger partial charge in [-0.15, -0.1) is 0 Å². The number of carboxylic acid groups (broad SMARTS) is 1. The van der Waals surface area contributed by atoms with Gasteiger partial charge in [0, 0.05) is 12.0 Å². The van der Waals surface area contributed by atoms with Gasteiger partial charge in [-0.25, -0.2) is 4.79 Å². The molecule has 0 radical (unpaired) electrons. The maximum atomic E-state index is 11.5. The number of carbonyl (C=O) groups is 3. The lowest BCUT2D eigenvalue weighted by atomic mass is 9.95.